The van der Waals surface area contributed by atoms with E-state index >= 15 is 0 Å². The van der Waals surface area contributed by atoms with Crippen LogP contribution < -0.4 is 10.1 Å². The number of phenolic OH excluding ortho intramolecular Hbond substituents is 1. The van der Waals surface area contributed by atoms with Crippen LogP contribution in [-0.2, 0) is 6.54 Å². The van der Waals surface area contributed by atoms with E-state index in [9.17, 15) is 5.11 Å². The standard InChI is InChI=1S/C13H12BrNO2S/c14-8-3-10(18-7-8)5-15-12-6-17-13-4-9(16)1-2-11(12)13/h1-4,7,12,15-16H,5-6H2. The van der Waals surface area contributed by atoms with Crippen molar-refractivity contribution >= 4 is 27.3 Å². The number of nitrogens with one attached hydrogen (secondary N) is 1. The molecule has 0 saturated heterocycles. The number of thiophene rings is 1. The Morgan fingerprint density at radius 1 is 1.44 bits per heavy atom. The summed E-state index contributed by atoms with van der Waals surface area (Å²) in [5.74, 6) is 1.02. The second-order valence-electron chi connectivity index (χ2n) is 4.20. The van der Waals surface area contributed by atoms with Gasteiger partial charge >= 0.3 is 0 Å². The Morgan fingerprint density at radius 2 is 2.33 bits per heavy atom. The molecule has 0 radical (unpaired) electrons. The van der Waals surface area contributed by atoms with Crippen molar-refractivity contribution in [2.75, 3.05) is 6.61 Å². The topological polar surface area (TPSA) is 41.5 Å². The van der Waals surface area contributed by atoms with E-state index < -0.39 is 0 Å². The van der Waals surface area contributed by atoms with Crippen molar-refractivity contribution in [2.24, 2.45) is 0 Å². The van der Waals surface area contributed by atoms with Crippen LogP contribution in [0, 0.1) is 0 Å². The molecule has 0 fully saturated rings. The van der Waals surface area contributed by atoms with Gasteiger partial charge in [0.2, 0.25) is 0 Å². The molecule has 0 spiro atoms. The van der Waals surface area contributed by atoms with Gasteiger partial charge in [0.15, 0.2) is 0 Å². The summed E-state index contributed by atoms with van der Waals surface area (Å²) in [5.41, 5.74) is 1.11. The molecule has 5 heteroatoms. The first-order valence-corrected chi connectivity index (χ1v) is 7.31. The lowest BCUT2D eigenvalue weighted by Gasteiger charge is -2.10. The monoisotopic (exact) mass is 325 g/mol. The summed E-state index contributed by atoms with van der Waals surface area (Å²) >= 11 is 5.18. The number of ether oxygens (including phenoxy) is 1. The second kappa shape index (κ2) is 4.91. The smallest absolute Gasteiger partial charge is 0.127 e. The highest BCUT2D eigenvalue weighted by Gasteiger charge is 2.23. The molecule has 1 aliphatic rings. The van der Waals surface area contributed by atoms with Gasteiger partial charge in [-0.2, -0.15) is 0 Å². The molecule has 0 saturated carbocycles. The van der Waals surface area contributed by atoms with Crippen LogP contribution in [0.5, 0.6) is 11.5 Å². The predicted molar refractivity (Wildman–Crippen MR) is 75.2 cm³/mol. The molecular formula is C13H12BrNO2S. The van der Waals surface area contributed by atoms with Crippen LogP contribution in [0.3, 0.4) is 0 Å². The Morgan fingerprint density at radius 3 is 3.11 bits per heavy atom. The average molecular weight is 326 g/mol. The normalized spacial score (nSPS) is 17.5. The van der Waals surface area contributed by atoms with Crippen LogP contribution in [0.25, 0.3) is 0 Å². The van der Waals surface area contributed by atoms with Crippen molar-refractivity contribution in [3.63, 3.8) is 0 Å². The first kappa shape index (κ1) is 12.0. The maximum Gasteiger partial charge on any atom is 0.127 e. The van der Waals surface area contributed by atoms with Gasteiger partial charge in [0, 0.05) is 32.9 Å². The molecule has 1 unspecified atom stereocenters. The Balaban J connectivity index is 1.69. The first-order chi connectivity index (χ1) is 8.72. The van der Waals surface area contributed by atoms with Crippen LogP contribution in [0.1, 0.15) is 16.5 Å². The van der Waals surface area contributed by atoms with Crippen LogP contribution >= 0.6 is 27.3 Å². The fourth-order valence-corrected chi connectivity index (χ4v) is 3.44. The molecule has 2 aromatic rings. The molecule has 1 atom stereocenters. The minimum absolute atomic E-state index is 0.196. The highest BCUT2D eigenvalue weighted by atomic mass is 79.9. The fraction of sp³-hybridized carbons (Fsp3) is 0.231. The molecule has 94 valence electrons. The Hall–Kier alpha value is -1.04. The zero-order valence-electron chi connectivity index (χ0n) is 9.52. The lowest BCUT2D eigenvalue weighted by Crippen LogP contribution is -2.21. The number of benzene rings is 1. The minimum atomic E-state index is 0.196. The number of hydrogen-bond donors (Lipinski definition) is 2. The summed E-state index contributed by atoms with van der Waals surface area (Å²) < 4.78 is 6.68. The van der Waals surface area contributed by atoms with Crippen molar-refractivity contribution in [3.8, 4) is 11.5 Å². The molecule has 2 N–H and O–H groups in total. The van der Waals surface area contributed by atoms with Gasteiger partial charge in [0.1, 0.15) is 18.1 Å². The first-order valence-electron chi connectivity index (χ1n) is 5.64. The molecule has 1 aromatic carbocycles. The molecule has 3 rings (SSSR count). The second-order valence-corrected chi connectivity index (χ2v) is 6.11. The van der Waals surface area contributed by atoms with E-state index in [1.165, 1.54) is 4.88 Å². The molecule has 3 nitrogen and oxygen atoms in total. The molecule has 2 heterocycles. The summed E-state index contributed by atoms with van der Waals surface area (Å²) in [6.07, 6.45) is 0. The number of halogens is 1. The Kier molecular flexibility index (Phi) is 3.28. The lowest BCUT2D eigenvalue weighted by molar-refractivity contribution is 0.310. The molecule has 0 aliphatic carbocycles. The third kappa shape index (κ3) is 2.39. The van der Waals surface area contributed by atoms with Crippen molar-refractivity contribution < 1.29 is 9.84 Å². The van der Waals surface area contributed by atoms with Gasteiger partial charge in [-0.1, -0.05) is 0 Å². The largest absolute Gasteiger partial charge is 0.508 e. The third-order valence-electron chi connectivity index (χ3n) is 2.92. The van der Waals surface area contributed by atoms with Crippen LogP contribution in [0.4, 0.5) is 0 Å². The van der Waals surface area contributed by atoms with Gasteiger partial charge in [-0.15, -0.1) is 11.3 Å². The maximum absolute atomic E-state index is 9.39. The Bertz CT molecular complexity index is 570. The summed E-state index contributed by atoms with van der Waals surface area (Å²) in [7, 11) is 0. The van der Waals surface area contributed by atoms with Crippen LogP contribution in [0.2, 0.25) is 0 Å². The number of aromatic hydroxyl groups is 1. The number of hydrogen-bond acceptors (Lipinski definition) is 4. The van der Waals surface area contributed by atoms with Crippen molar-refractivity contribution in [1.29, 1.82) is 0 Å². The van der Waals surface area contributed by atoms with Gasteiger partial charge in [-0.3, -0.25) is 0 Å². The van der Waals surface area contributed by atoms with E-state index in [1.807, 2.05) is 6.07 Å². The Labute approximate surface area is 118 Å². The van der Waals surface area contributed by atoms with Gasteiger partial charge in [0.05, 0.1) is 6.04 Å². The highest BCUT2D eigenvalue weighted by Crippen LogP contribution is 2.35. The molecule has 1 aliphatic heterocycles. The average Bonchev–Trinajstić information content (AvgIpc) is 2.92. The molecule has 1 aromatic heterocycles. The van der Waals surface area contributed by atoms with Crippen LogP contribution in [-0.4, -0.2) is 11.7 Å². The van der Waals surface area contributed by atoms with E-state index in [1.54, 1.807) is 23.5 Å². The fourth-order valence-electron chi connectivity index (χ4n) is 2.04. The number of fused-ring (bicyclic) bond motifs is 1. The molecule has 0 bridgehead atoms. The summed E-state index contributed by atoms with van der Waals surface area (Å²) in [4.78, 5) is 1.29. The third-order valence-corrected chi connectivity index (χ3v) is 4.62. The van der Waals surface area contributed by atoms with Gasteiger partial charge in [0.25, 0.3) is 0 Å². The van der Waals surface area contributed by atoms with Gasteiger partial charge < -0.3 is 15.2 Å². The molecule has 0 amide bonds. The highest BCUT2D eigenvalue weighted by molar-refractivity contribution is 9.10. The van der Waals surface area contributed by atoms with E-state index in [0.717, 1.165) is 22.3 Å². The molecular weight excluding hydrogens is 314 g/mol. The van der Waals surface area contributed by atoms with Crippen molar-refractivity contribution in [1.82, 2.24) is 5.32 Å². The summed E-state index contributed by atoms with van der Waals surface area (Å²) in [6.45, 7) is 1.44. The quantitative estimate of drug-likeness (QED) is 0.908. The van der Waals surface area contributed by atoms with E-state index in [0.29, 0.717) is 6.61 Å². The zero-order chi connectivity index (χ0) is 12.5. The predicted octanol–water partition coefficient (Wildman–Crippen LogP) is 3.44. The van der Waals surface area contributed by atoms with E-state index in [4.69, 9.17) is 4.74 Å². The van der Waals surface area contributed by atoms with E-state index in [-0.39, 0.29) is 11.8 Å². The summed E-state index contributed by atoms with van der Waals surface area (Å²) in [6, 6.07) is 7.59. The number of phenols is 1. The SMILES string of the molecule is Oc1ccc2c(c1)OCC2NCc1cc(Br)cs1. The molecule has 18 heavy (non-hydrogen) atoms. The van der Waals surface area contributed by atoms with Gasteiger partial charge in [-0.25, -0.2) is 0 Å². The van der Waals surface area contributed by atoms with E-state index in [2.05, 4.69) is 32.7 Å². The maximum atomic E-state index is 9.39. The zero-order valence-corrected chi connectivity index (χ0v) is 11.9. The van der Waals surface area contributed by atoms with Crippen LogP contribution in [0.15, 0.2) is 34.1 Å². The van der Waals surface area contributed by atoms with Crippen molar-refractivity contribution in [3.05, 3.63) is 44.6 Å². The summed E-state index contributed by atoms with van der Waals surface area (Å²) in [5, 5.41) is 14.9. The minimum Gasteiger partial charge on any atom is -0.508 e. The van der Waals surface area contributed by atoms with Crippen molar-refractivity contribution in [2.45, 2.75) is 12.6 Å². The lowest BCUT2D eigenvalue weighted by atomic mass is 10.1. The van der Waals surface area contributed by atoms with Gasteiger partial charge in [-0.05, 0) is 34.1 Å². The number of rotatable bonds is 3.